The molecule has 1 fully saturated rings. The van der Waals surface area contributed by atoms with Gasteiger partial charge in [0.2, 0.25) is 10.0 Å². The van der Waals surface area contributed by atoms with E-state index < -0.39 is 10.0 Å². The lowest BCUT2D eigenvalue weighted by molar-refractivity contribution is 0.0931. The van der Waals surface area contributed by atoms with E-state index in [0.717, 1.165) is 28.6 Å². The van der Waals surface area contributed by atoms with Crippen LogP contribution in [0.2, 0.25) is 0 Å². The van der Waals surface area contributed by atoms with Crippen LogP contribution in [0.25, 0.3) is 16.6 Å². The van der Waals surface area contributed by atoms with E-state index in [1.807, 2.05) is 13.0 Å². The second-order valence-corrected chi connectivity index (χ2v) is 11.3. The summed E-state index contributed by atoms with van der Waals surface area (Å²) in [6.07, 6.45) is 7.02. The molecule has 0 saturated carbocycles. The fourth-order valence-corrected chi connectivity index (χ4v) is 6.47. The maximum Gasteiger partial charge on any atom is 0.246 e. The van der Waals surface area contributed by atoms with Crippen molar-refractivity contribution in [2.75, 3.05) is 26.8 Å². The van der Waals surface area contributed by atoms with Gasteiger partial charge in [-0.2, -0.15) is 14.5 Å². The minimum atomic E-state index is -3.60. The molecule has 1 aliphatic rings. The number of piperidine rings is 1. The molecule has 4 aromatic rings. The zero-order valence-electron chi connectivity index (χ0n) is 20.5. The molecule has 10 heteroatoms. The molecule has 0 bridgehead atoms. The summed E-state index contributed by atoms with van der Waals surface area (Å²) in [6, 6.07) is 12.4. The zero-order chi connectivity index (χ0) is 25.3. The monoisotopic (exact) mass is 511 g/mol. The van der Waals surface area contributed by atoms with Gasteiger partial charge in [-0.15, -0.1) is 0 Å². The van der Waals surface area contributed by atoms with Crippen molar-refractivity contribution >= 4 is 20.9 Å². The summed E-state index contributed by atoms with van der Waals surface area (Å²) in [6.45, 7) is 4.01. The van der Waals surface area contributed by atoms with Crippen molar-refractivity contribution in [3.05, 3.63) is 72.4 Å². The highest BCUT2D eigenvalue weighted by molar-refractivity contribution is 7.89. The van der Waals surface area contributed by atoms with Crippen molar-refractivity contribution in [1.29, 1.82) is 0 Å². The van der Waals surface area contributed by atoms with Gasteiger partial charge in [-0.1, -0.05) is 13.0 Å². The van der Waals surface area contributed by atoms with Gasteiger partial charge in [0.05, 0.1) is 30.2 Å². The molecular weight excluding hydrogens is 481 g/mol. The van der Waals surface area contributed by atoms with E-state index in [1.54, 1.807) is 45.3 Å². The maximum atomic E-state index is 13.4. The molecule has 3 heterocycles. The van der Waals surface area contributed by atoms with Gasteiger partial charge in [-0.25, -0.2) is 17.5 Å². The van der Waals surface area contributed by atoms with Crippen molar-refractivity contribution < 1.29 is 17.5 Å². The quantitative estimate of drug-likeness (QED) is 0.355. The van der Waals surface area contributed by atoms with Crippen molar-refractivity contribution in [3.8, 4) is 5.69 Å². The van der Waals surface area contributed by atoms with E-state index in [9.17, 15) is 12.8 Å². The van der Waals surface area contributed by atoms with Crippen LogP contribution in [-0.2, 0) is 26.7 Å². The van der Waals surface area contributed by atoms with E-state index in [4.69, 9.17) is 4.74 Å². The molecule has 1 saturated heterocycles. The summed E-state index contributed by atoms with van der Waals surface area (Å²) in [4.78, 5) is 0.241. The highest BCUT2D eigenvalue weighted by Crippen LogP contribution is 2.39. The number of aryl methyl sites for hydroxylation is 1. The van der Waals surface area contributed by atoms with Gasteiger partial charge in [-0.05, 0) is 61.2 Å². The molecule has 2 aromatic heterocycles. The Bertz CT molecular complexity index is 1450. The molecule has 0 N–H and O–H groups in total. The Balaban J connectivity index is 1.39. The highest BCUT2D eigenvalue weighted by atomic mass is 32.2. The molecule has 2 aromatic carbocycles. The minimum absolute atomic E-state index is 0.241. The SMILES string of the molecule is CCCn1cc(S(=O)(=O)N2CCC(COC)(c3ccc4c(cnn4-c4ccc(F)cc4)c3)CC2)cn1. The summed E-state index contributed by atoms with van der Waals surface area (Å²) >= 11 is 0. The van der Waals surface area contributed by atoms with Gasteiger partial charge < -0.3 is 4.74 Å². The van der Waals surface area contributed by atoms with Gasteiger partial charge in [0, 0.05) is 43.7 Å². The number of aromatic nitrogens is 4. The second kappa shape index (κ2) is 9.76. The first kappa shape index (κ1) is 24.6. The van der Waals surface area contributed by atoms with E-state index >= 15 is 0 Å². The molecule has 1 aliphatic heterocycles. The molecule has 8 nitrogen and oxygen atoms in total. The summed E-state index contributed by atoms with van der Waals surface area (Å²) in [5.74, 6) is -0.290. The molecule has 36 heavy (non-hydrogen) atoms. The predicted molar refractivity (Wildman–Crippen MR) is 135 cm³/mol. The van der Waals surface area contributed by atoms with E-state index in [-0.39, 0.29) is 16.1 Å². The zero-order valence-corrected chi connectivity index (χ0v) is 21.3. The van der Waals surface area contributed by atoms with Crippen LogP contribution < -0.4 is 0 Å². The highest BCUT2D eigenvalue weighted by Gasteiger charge is 2.40. The number of sulfonamides is 1. The van der Waals surface area contributed by atoms with Crippen LogP contribution in [0.1, 0.15) is 31.7 Å². The molecular formula is C26H30FN5O3S. The fourth-order valence-electron chi connectivity index (χ4n) is 5.08. The third kappa shape index (κ3) is 4.44. The Morgan fingerprint density at radius 3 is 2.50 bits per heavy atom. The van der Waals surface area contributed by atoms with Crippen LogP contribution in [0.5, 0.6) is 0 Å². The van der Waals surface area contributed by atoms with Crippen LogP contribution in [0.4, 0.5) is 4.39 Å². The number of fused-ring (bicyclic) bond motifs is 1. The molecule has 0 spiro atoms. The topological polar surface area (TPSA) is 82.3 Å². The molecule has 0 atom stereocenters. The van der Waals surface area contributed by atoms with Gasteiger partial charge in [-0.3, -0.25) is 4.68 Å². The Kier molecular flexibility index (Phi) is 6.67. The third-order valence-electron chi connectivity index (χ3n) is 7.05. The summed E-state index contributed by atoms with van der Waals surface area (Å²) in [5, 5.41) is 9.67. The molecule has 0 radical (unpaired) electrons. The van der Waals surface area contributed by atoms with Crippen LogP contribution >= 0.6 is 0 Å². The van der Waals surface area contributed by atoms with Crippen LogP contribution in [0.3, 0.4) is 0 Å². The Labute approximate surface area is 210 Å². The van der Waals surface area contributed by atoms with Crippen molar-refractivity contribution in [1.82, 2.24) is 23.9 Å². The largest absolute Gasteiger partial charge is 0.384 e. The van der Waals surface area contributed by atoms with Crippen LogP contribution in [0, 0.1) is 5.82 Å². The maximum absolute atomic E-state index is 13.4. The number of hydrogen-bond donors (Lipinski definition) is 0. The van der Waals surface area contributed by atoms with Crippen LogP contribution in [-0.4, -0.2) is 59.1 Å². The smallest absolute Gasteiger partial charge is 0.246 e. The first-order valence-corrected chi connectivity index (χ1v) is 13.6. The van der Waals surface area contributed by atoms with Gasteiger partial charge in [0.25, 0.3) is 0 Å². The van der Waals surface area contributed by atoms with Crippen molar-refractivity contribution in [3.63, 3.8) is 0 Å². The normalized spacial score (nSPS) is 16.5. The Hall–Kier alpha value is -3.08. The third-order valence-corrected chi connectivity index (χ3v) is 8.90. The summed E-state index contributed by atoms with van der Waals surface area (Å²) in [5.41, 5.74) is 2.50. The minimum Gasteiger partial charge on any atom is -0.384 e. The standard InChI is InChI=1S/C26H30FN5O3S/c1-3-12-30-18-24(17-28-30)36(33,34)31-13-10-26(11-14-31,19-35-2)21-4-9-25-20(15-21)16-29-32(25)23-7-5-22(27)6-8-23/h4-9,15-18H,3,10-14,19H2,1-2H3. The Morgan fingerprint density at radius 1 is 1.06 bits per heavy atom. The lowest BCUT2D eigenvalue weighted by Crippen LogP contribution is -2.47. The number of benzene rings is 2. The fraction of sp³-hybridized carbons (Fsp3) is 0.385. The number of ether oxygens (including phenoxy) is 1. The lowest BCUT2D eigenvalue weighted by atomic mass is 9.73. The molecule has 0 aliphatic carbocycles. The average Bonchev–Trinajstić information content (AvgIpc) is 3.53. The molecule has 0 amide bonds. The Morgan fingerprint density at radius 2 is 1.81 bits per heavy atom. The van der Waals surface area contributed by atoms with E-state index in [1.165, 1.54) is 18.3 Å². The first-order chi connectivity index (χ1) is 17.4. The molecule has 0 unspecified atom stereocenters. The van der Waals surface area contributed by atoms with Gasteiger partial charge in [0.1, 0.15) is 10.7 Å². The molecule has 5 rings (SSSR count). The number of halogens is 1. The van der Waals surface area contributed by atoms with Crippen LogP contribution in [0.15, 0.2) is 66.0 Å². The number of methoxy groups -OCH3 is 1. The molecule has 190 valence electrons. The predicted octanol–water partition coefficient (Wildman–Crippen LogP) is 4.14. The van der Waals surface area contributed by atoms with Gasteiger partial charge in [0.15, 0.2) is 0 Å². The number of rotatable bonds is 8. The number of nitrogens with zero attached hydrogens (tertiary/aromatic N) is 5. The second-order valence-electron chi connectivity index (χ2n) is 9.36. The lowest BCUT2D eigenvalue weighted by Gasteiger charge is -2.41. The van der Waals surface area contributed by atoms with E-state index in [2.05, 4.69) is 22.3 Å². The van der Waals surface area contributed by atoms with E-state index in [0.29, 0.717) is 39.1 Å². The summed E-state index contributed by atoms with van der Waals surface area (Å²) in [7, 11) is -1.92. The summed E-state index contributed by atoms with van der Waals surface area (Å²) < 4.78 is 50.5. The van der Waals surface area contributed by atoms with Crippen molar-refractivity contribution in [2.45, 2.75) is 43.0 Å². The van der Waals surface area contributed by atoms with Crippen molar-refractivity contribution in [2.24, 2.45) is 0 Å². The van der Waals surface area contributed by atoms with Gasteiger partial charge >= 0.3 is 0 Å². The average molecular weight is 512 g/mol. The number of hydrogen-bond acceptors (Lipinski definition) is 5. The first-order valence-electron chi connectivity index (χ1n) is 12.1.